The second-order valence-corrected chi connectivity index (χ2v) is 7.71. The standard InChI is InChI=1S/C24H20N4O2S/c1-16-6-8-19(9-7-16)28-24(30)22-21(25-11-12-26-22)23(29)27-14-17-4-2-3-5-20(17)18-10-13-31-15-18/h2-13,15H,14H2,1H3,(H,27,29)(H,28,30). The van der Waals surface area contributed by atoms with Gasteiger partial charge in [0.25, 0.3) is 11.8 Å². The Morgan fingerprint density at radius 1 is 0.903 bits per heavy atom. The second-order valence-electron chi connectivity index (χ2n) is 6.93. The van der Waals surface area contributed by atoms with Crippen LogP contribution in [0.15, 0.2) is 77.8 Å². The van der Waals surface area contributed by atoms with Crippen molar-refractivity contribution in [3.8, 4) is 11.1 Å². The zero-order valence-electron chi connectivity index (χ0n) is 16.8. The lowest BCUT2D eigenvalue weighted by atomic mass is 10.0. The Morgan fingerprint density at radius 2 is 1.61 bits per heavy atom. The molecule has 0 saturated heterocycles. The lowest BCUT2D eigenvalue weighted by molar-refractivity contribution is 0.0931. The quantitative estimate of drug-likeness (QED) is 0.466. The molecule has 2 aromatic carbocycles. The van der Waals surface area contributed by atoms with Gasteiger partial charge in [0.05, 0.1) is 0 Å². The highest BCUT2D eigenvalue weighted by atomic mass is 32.1. The van der Waals surface area contributed by atoms with Crippen molar-refractivity contribution in [2.45, 2.75) is 13.5 Å². The first kappa shape index (κ1) is 20.4. The molecule has 0 aliphatic heterocycles. The Balaban J connectivity index is 1.50. The fraction of sp³-hybridized carbons (Fsp3) is 0.0833. The van der Waals surface area contributed by atoms with Crippen LogP contribution in [0.5, 0.6) is 0 Å². The van der Waals surface area contributed by atoms with Crippen LogP contribution in [0.25, 0.3) is 11.1 Å². The predicted molar refractivity (Wildman–Crippen MR) is 122 cm³/mol. The number of thiophene rings is 1. The molecule has 0 bridgehead atoms. The van der Waals surface area contributed by atoms with Gasteiger partial charge in [-0.15, -0.1) is 0 Å². The van der Waals surface area contributed by atoms with Crippen molar-refractivity contribution >= 4 is 28.8 Å². The largest absolute Gasteiger partial charge is 0.347 e. The van der Waals surface area contributed by atoms with Crippen LogP contribution in [0.4, 0.5) is 5.69 Å². The molecule has 0 fully saturated rings. The highest BCUT2D eigenvalue weighted by molar-refractivity contribution is 7.08. The summed E-state index contributed by atoms with van der Waals surface area (Å²) in [5.41, 5.74) is 4.81. The molecule has 4 aromatic rings. The average molecular weight is 429 g/mol. The Labute approximate surface area is 184 Å². The molecule has 31 heavy (non-hydrogen) atoms. The van der Waals surface area contributed by atoms with Gasteiger partial charge in [-0.3, -0.25) is 9.59 Å². The fourth-order valence-corrected chi connectivity index (χ4v) is 3.79. The van der Waals surface area contributed by atoms with E-state index in [1.54, 1.807) is 23.5 Å². The Hall–Kier alpha value is -3.84. The summed E-state index contributed by atoms with van der Waals surface area (Å²) in [4.78, 5) is 33.8. The third-order valence-corrected chi connectivity index (χ3v) is 5.41. The van der Waals surface area contributed by atoms with Crippen LogP contribution < -0.4 is 10.6 Å². The number of rotatable bonds is 6. The number of carbonyl (C=O) groups excluding carboxylic acids is 2. The number of nitrogens with zero attached hydrogens (tertiary/aromatic N) is 2. The van der Waals surface area contributed by atoms with E-state index in [0.29, 0.717) is 12.2 Å². The molecule has 0 aliphatic rings. The maximum atomic E-state index is 12.8. The number of carbonyl (C=O) groups is 2. The van der Waals surface area contributed by atoms with Crippen LogP contribution in [-0.4, -0.2) is 21.8 Å². The molecule has 7 heteroatoms. The van der Waals surface area contributed by atoms with Gasteiger partial charge in [-0.2, -0.15) is 11.3 Å². The maximum Gasteiger partial charge on any atom is 0.276 e. The summed E-state index contributed by atoms with van der Waals surface area (Å²) in [7, 11) is 0. The molecule has 2 aromatic heterocycles. The van der Waals surface area contributed by atoms with Crippen molar-refractivity contribution in [3.63, 3.8) is 0 Å². The van der Waals surface area contributed by atoms with Gasteiger partial charge in [0, 0.05) is 24.6 Å². The van der Waals surface area contributed by atoms with Gasteiger partial charge in [-0.1, -0.05) is 42.0 Å². The van der Waals surface area contributed by atoms with E-state index in [0.717, 1.165) is 22.3 Å². The van der Waals surface area contributed by atoms with E-state index < -0.39 is 11.8 Å². The summed E-state index contributed by atoms with van der Waals surface area (Å²) in [6.07, 6.45) is 2.80. The highest BCUT2D eigenvalue weighted by Gasteiger charge is 2.20. The minimum absolute atomic E-state index is 0.0138. The average Bonchev–Trinajstić information content (AvgIpc) is 3.34. The minimum atomic E-state index is -0.485. The van der Waals surface area contributed by atoms with Crippen molar-refractivity contribution in [1.82, 2.24) is 15.3 Å². The number of aryl methyl sites for hydroxylation is 1. The molecule has 0 atom stereocenters. The molecular formula is C24H20N4O2S. The smallest absolute Gasteiger partial charge is 0.276 e. The molecule has 2 amide bonds. The van der Waals surface area contributed by atoms with E-state index in [4.69, 9.17) is 0 Å². The molecule has 0 radical (unpaired) electrons. The first-order chi connectivity index (χ1) is 15.1. The number of amides is 2. The third kappa shape index (κ3) is 4.84. The normalized spacial score (nSPS) is 10.5. The topological polar surface area (TPSA) is 84.0 Å². The monoisotopic (exact) mass is 428 g/mol. The van der Waals surface area contributed by atoms with Crippen molar-refractivity contribution < 1.29 is 9.59 Å². The molecule has 4 rings (SSSR count). The van der Waals surface area contributed by atoms with E-state index in [-0.39, 0.29) is 11.4 Å². The summed E-state index contributed by atoms with van der Waals surface area (Å²) in [6.45, 7) is 2.27. The van der Waals surface area contributed by atoms with E-state index in [1.807, 2.05) is 54.8 Å². The van der Waals surface area contributed by atoms with Gasteiger partial charge in [0.2, 0.25) is 0 Å². The van der Waals surface area contributed by atoms with Crippen LogP contribution in [0.3, 0.4) is 0 Å². The van der Waals surface area contributed by atoms with Crippen LogP contribution in [0, 0.1) is 6.92 Å². The third-order valence-electron chi connectivity index (χ3n) is 4.73. The summed E-state index contributed by atoms with van der Waals surface area (Å²) < 4.78 is 0. The lowest BCUT2D eigenvalue weighted by Gasteiger charge is -2.11. The SMILES string of the molecule is Cc1ccc(NC(=O)c2nccnc2C(=O)NCc2ccccc2-c2ccsc2)cc1. The first-order valence-electron chi connectivity index (χ1n) is 9.69. The van der Waals surface area contributed by atoms with E-state index in [2.05, 4.69) is 26.0 Å². The Morgan fingerprint density at radius 3 is 2.32 bits per heavy atom. The van der Waals surface area contributed by atoms with E-state index >= 15 is 0 Å². The molecule has 0 saturated carbocycles. The predicted octanol–water partition coefficient (Wildman–Crippen LogP) is 4.70. The Bertz CT molecular complexity index is 1200. The van der Waals surface area contributed by atoms with Gasteiger partial charge >= 0.3 is 0 Å². The van der Waals surface area contributed by atoms with Gasteiger partial charge in [0.15, 0.2) is 11.4 Å². The fourth-order valence-electron chi connectivity index (χ4n) is 3.13. The van der Waals surface area contributed by atoms with Crippen molar-refractivity contribution in [1.29, 1.82) is 0 Å². The Kier molecular flexibility index (Phi) is 6.14. The molecular weight excluding hydrogens is 408 g/mol. The number of anilines is 1. The van der Waals surface area contributed by atoms with Crippen LogP contribution in [-0.2, 0) is 6.54 Å². The zero-order chi connectivity index (χ0) is 21.6. The number of aromatic nitrogens is 2. The van der Waals surface area contributed by atoms with Crippen LogP contribution in [0.2, 0.25) is 0 Å². The number of hydrogen-bond acceptors (Lipinski definition) is 5. The molecule has 0 aliphatic carbocycles. The summed E-state index contributed by atoms with van der Waals surface area (Å²) >= 11 is 1.62. The lowest BCUT2D eigenvalue weighted by Crippen LogP contribution is -2.28. The molecule has 154 valence electrons. The number of hydrogen-bond donors (Lipinski definition) is 2. The number of benzene rings is 2. The van der Waals surface area contributed by atoms with Gasteiger partial charge in [0.1, 0.15) is 0 Å². The molecule has 0 spiro atoms. The molecule has 6 nitrogen and oxygen atoms in total. The maximum absolute atomic E-state index is 12.8. The highest BCUT2D eigenvalue weighted by Crippen LogP contribution is 2.25. The van der Waals surface area contributed by atoms with Crippen LogP contribution in [0.1, 0.15) is 32.1 Å². The summed E-state index contributed by atoms with van der Waals surface area (Å²) in [6, 6.07) is 17.3. The molecule has 2 N–H and O–H groups in total. The summed E-state index contributed by atoms with van der Waals surface area (Å²) in [5.74, 6) is -0.942. The van der Waals surface area contributed by atoms with Crippen molar-refractivity contribution in [2.24, 2.45) is 0 Å². The van der Waals surface area contributed by atoms with Gasteiger partial charge in [-0.05, 0) is 52.6 Å². The number of nitrogens with one attached hydrogen (secondary N) is 2. The first-order valence-corrected chi connectivity index (χ1v) is 10.6. The molecule has 0 unspecified atom stereocenters. The second kappa shape index (κ2) is 9.32. The zero-order valence-corrected chi connectivity index (χ0v) is 17.6. The van der Waals surface area contributed by atoms with Crippen molar-refractivity contribution in [3.05, 3.63) is 100 Å². The minimum Gasteiger partial charge on any atom is -0.347 e. The van der Waals surface area contributed by atoms with E-state index in [1.165, 1.54) is 12.4 Å². The van der Waals surface area contributed by atoms with Crippen LogP contribution >= 0.6 is 11.3 Å². The summed E-state index contributed by atoms with van der Waals surface area (Å²) in [5, 5.41) is 9.71. The van der Waals surface area contributed by atoms with Crippen molar-refractivity contribution in [2.75, 3.05) is 5.32 Å². The van der Waals surface area contributed by atoms with Gasteiger partial charge in [-0.25, -0.2) is 9.97 Å². The van der Waals surface area contributed by atoms with E-state index in [9.17, 15) is 9.59 Å². The molecule has 2 heterocycles. The van der Waals surface area contributed by atoms with Gasteiger partial charge < -0.3 is 10.6 Å².